The Morgan fingerprint density at radius 3 is 2.22 bits per heavy atom. The number of nitrogens with zero attached hydrogens (tertiary/aromatic N) is 1. The van der Waals surface area contributed by atoms with Crippen LogP contribution in [0.3, 0.4) is 0 Å². The molecule has 0 unspecified atom stereocenters. The predicted octanol–water partition coefficient (Wildman–Crippen LogP) is 3.56. The van der Waals surface area contributed by atoms with E-state index in [1.54, 1.807) is 6.07 Å². The summed E-state index contributed by atoms with van der Waals surface area (Å²) in [6.07, 6.45) is 2.88. The SMILES string of the molecule is CCC(CC)(CC)Nc1cc(N)cc([N+](=O)[O-])c1. The zero-order valence-electron chi connectivity index (χ0n) is 11.2. The molecule has 1 aromatic rings. The molecule has 0 atom stereocenters. The van der Waals surface area contributed by atoms with E-state index in [1.165, 1.54) is 12.1 Å². The van der Waals surface area contributed by atoms with Gasteiger partial charge in [-0.25, -0.2) is 0 Å². The number of nitrogen functional groups attached to an aromatic ring is 1. The van der Waals surface area contributed by atoms with Crippen LogP contribution < -0.4 is 11.1 Å². The van der Waals surface area contributed by atoms with Crippen LogP contribution >= 0.6 is 0 Å². The van der Waals surface area contributed by atoms with Crippen molar-refractivity contribution in [3.63, 3.8) is 0 Å². The van der Waals surface area contributed by atoms with Crippen molar-refractivity contribution in [3.05, 3.63) is 28.3 Å². The van der Waals surface area contributed by atoms with Gasteiger partial charge in [0.15, 0.2) is 0 Å². The van der Waals surface area contributed by atoms with Crippen LogP contribution in [0, 0.1) is 10.1 Å². The molecule has 3 N–H and O–H groups in total. The second-order valence-electron chi connectivity index (χ2n) is 4.54. The van der Waals surface area contributed by atoms with Crippen LogP contribution in [0.2, 0.25) is 0 Å². The third-order valence-corrected chi connectivity index (χ3v) is 3.59. The summed E-state index contributed by atoms with van der Waals surface area (Å²) in [7, 11) is 0. The number of hydrogen-bond donors (Lipinski definition) is 2. The minimum Gasteiger partial charge on any atom is -0.398 e. The molecule has 0 bridgehead atoms. The summed E-state index contributed by atoms with van der Waals surface area (Å²) >= 11 is 0. The lowest BCUT2D eigenvalue weighted by molar-refractivity contribution is -0.384. The van der Waals surface area contributed by atoms with Gasteiger partial charge in [-0.05, 0) is 25.3 Å². The summed E-state index contributed by atoms with van der Waals surface area (Å²) < 4.78 is 0. The van der Waals surface area contributed by atoms with Crippen LogP contribution in [0.15, 0.2) is 18.2 Å². The molecule has 5 heteroatoms. The average Bonchev–Trinajstić information content (AvgIpc) is 2.35. The van der Waals surface area contributed by atoms with E-state index < -0.39 is 4.92 Å². The molecule has 100 valence electrons. The zero-order valence-corrected chi connectivity index (χ0v) is 11.2. The monoisotopic (exact) mass is 251 g/mol. The van der Waals surface area contributed by atoms with Crippen LogP contribution in [-0.4, -0.2) is 10.5 Å². The molecule has 0 spiro atoms. The van der Waals surface area contributed by atoms with Gasteiger partial charge >= 0.3 is 0 Å². The summed E-state index contributed by atoms with van der Waals surface area (Å²) in [5.74, 6) is 0. The molecule has 0 saturated carbocycles. The van der Waals surface area contributed by atoms with Crippen molar-refractivity contribution in [3.8, 4) is 0 Å². The van der Waals surface area contributed by atoms with Gasteiger partial charge in [-0.3, -0.25) is 10.1 Å². The van der Waals surface area contributed by atoms with Crippen molar-refractivity contribution in [2.75, 3.05) is 11.1 Å². The van der Waals surface area contributed by atoms with Crippen molar-refractivity contribution in [2.24, 2.45) is 0 Å². The molecule has 0 radical (unpaired) electrons. The number of non-ortho nitro benzene ring substituents is 1. The zero-order chi connectivity index (χ0) is 13.8. The standard InChI is InChI=1S/C13H21N3O2/c1-4-13(5-2,6-3)15-11-7-10(14)8-12(9-11)16(17)18/h7-9,15H,4-6,14H2,1-3H3. The molecule has 0 aliphatic heterocycles. The quantitative estimate of drug-likeness (QED) is 0.460. The highest BCUT2D eigenvalue weighted by Crippen LogP contribution is 2.29. The van der Waals surface area contributed by atoms with Crippen LogP contribution in [-0.2, 0) is 0 Å². The summed E-state index contributed by atoms with van der Waals surface area (Å²) in [6.45, 7) is 6.34. The fourth-order valence-corrected chi connectivity index (χ4v) is 2.13. The Morgan fingerprint density at radius 1 is 1.22 bits per heavy atom. The molecule has 1 aromatic carbocycles. The Labute approximate surface area is 108 Å². The van der Waals surface area contributed by atoms with Gasteiger partial charge in [0.05, 0.1) is 4.92 Å². The van der Waals surface area contributed by atoms with E-state index in [0.717, 1.165) is 19.3 Å². The van der Waals surface area contributed by atoms with Crippen LogP contribution in [0.1, 0.15) is 40.0 Å². The Bertz CT molecular complexity index is 420. The maximum atomic E-state index is 10.8. The van der Waals surface area contributed by atoms with Crippen molar-refractivity contribution in [1.29, 1.82) is 0 Å². The van der Waals surface area contributed by atoms with Gasteiger partial charge in [0.25, 0.3) is 5.69 Å². The summed E-state index contributed by atoms with van der Waals surface area (Å²) in [5.41, 5.74) is 6.81. The third kappa shape index (κ3) is 3.12. The van der Waals surface area contributed by atoms with E-state index in [2.05, 4.69) is 26.1 Å². The molecular weight excluding hydrogens is 230 g/mol. The van der Waals surface area contributed by atoms with Crippen molar-refractivity contribution >= 4 is 17.1 Å². The number of hydrogen-bond acceptors (Lipinski definition) is 4. The van der Waals surface area contributed by atoms with Gasteiger partial charge in [-0.15, -0.1) is 0 Å². The minimum atomic E-state index is -0.424. The van der Waals surface area contributed by atoms with Gasteiger partial charge in [-0.2, -0.15) is 0 Å². The van der Waals surface area contributed by atoms with Gasteiger partial charge in [-0.1, -0.05) is 20.8 Å². The molecule has 0 aliphatic carbocycles. The number of nitro groups is 1. The van der Waals surface area contributed by atoms with E-state index in [4.69, 9.17) is 5.73 Å². The second-order valence-corrected chi connectivity index (χ2v) is 4.54. The maximum Gasteiger partial charge on any atom is 0.273 e. The van der Waals surface area contributed by atoms with E-state index in [-0.39, 0.29) is 11.2 Å². The Balaban J connectivity index is 3.06. The molecule has 1 rings (SSSR count). The molecule has 0 saturated heterocycles. The molecule has 0 aromatic heterocycles. The van der Waals surface area contributed by atoms with Crippen LogP contribution in [0.25, 0.3) is 0 Å². The third-order valence-electron chi connectivity index (χ3n) is 3.59. The van der Waals surface area contributed by atoms with E-state index in [0.29, 0.717) is 11.4 Å². The molecule has 0 heterocycles. The Hall–Kier alpha value is -1.78. The number of benzene rings is 1. The minimum absolute atomic E-state index is 0.0229. The first-order chi connectivity index (χ1) is 8.46. The molecule has 0 fully saturated rings. The average molecular weight is 251 g/mol. The first kappa shape index (κ1) is 14.3. The van der Waals surface area contributed by atoms with E-state index >= 15 is 0 Å². The second kappa shape index (κ2) is 5.71. The first-order valence-electron chi connectivity index (χ1n) is 6.29. The fraction of sp³-hybridized carbons (Fsp3) is 0.538. The largest absolute Gasteiger partial charge is 0.398 e. The van der Waals surface area contributed by atoms with Gasteiger partial charge in [0.1, 0.15) is 0 Å². The summed E-state index contributed by atoms with van der Waals surface area (Å²) in [4.78, 5) is 10.4. The van der Waals surface area contributed by atoms with Crippen molar-refractivity contribution in [1.82, 2.24) is 0 Å². The lowest BCUT2D eigenvalue weighted by atomic mass is 9.89. The smallest absolute Gasteiger partial charge is 0.273 e. The topological polar surface area (TPSA) is 81.2 Å². The highest BCUT2D eigenvalue weighted by molar-refractivity contribution is 5.62. The van der Waals surface area contributed by atoms with Gasteiger partial charge < -0.3 is 11.1 Å². The summed E-state index contributed by atoms with van der Waals surface area (Å²) in [5, 5.41) is 14.2. The highest BCUT2D eigenvalue weighted by atomic mass is 16.6. The fourth-order valence-electron chi connectivity index (χ4n) is 2.13. The predicted molar refractivity (Wildman–Crippen MR) is 74.7 cm³/mol. The molecule has 0 amide bonds. The molecule has 0 aliphatic rings. The normalized spacial score (nSPS) is 11.3. The van der Waals surface area contributed by atoms with E-state index in [1.807, 2.05) is 0 Å². The lowest BCUT2D eigenvalue weighted by Crippen LogP contribution is -2.36. The van der Waals surface area contributed by atoms with Crippen LogP contribution in [0.5, 0.6) is 0 Å². The Morgan fingerprint density at radius 2 is 1.78 bits per heavy atom. The van der Waals surface area contributed by atoms with Crippen molar-refractivity contribution < 1.29 is 4.92 Å². The number of anilines is 2. The molecule has 18 heavy (non-hydrogen) atoms. The summed E-state index contributed by atoms with van der Waals surface area (Å²) in [6, 6.07) is 4.64. The van der Waals surface area contributed by atoms with E-state index in [9.17, 15) is 10.1 Å². The molecular formula is C13H21N3O2. The van der Waals surface area contributed by atoms with Gasteiger partial charge in [0.2, 0.25) is 0 Å². The van der Waals surface area contributed by atoms with Gasteiger partial charge in [0, 0.05) is 29.0 Å². The maximum absolute atomic E-state index is 10.8. The number of nitrogens with one attached hydrogen (secondary N) is 1. The van der Waals surface area contributed by atoms with Crippen LogP contribution in [0.4, 0.5) is 17.1 Å². The first-order valence-corrected chi connectivity index (χ1v) is 6.29. The number of nitrogens with two attached hydrogens (primary N) is 1. The van der Waals surface area contributed by atoms with Crippen molar-refractivity contribution in [2.45, 2.75) is 45.6 Å². The molecule has 5 nitrogen and oxygen atoms in total. The highest BCUT2D eigenvalue weighted by Gasteiger charge is 2.24. The number of rotatable bonds is 6. The Kier molecular flexibility index (Phi) is 4.53. The lowest BCUT2D eigenvalue weighted by Gasteiger charge is -2.33. The number of nitro benzene ring substituents is 1.